The van der Waals surface area contributed by atoms with Crippen LogP contribution in [0.5, 0.6) is 11.5 Å². The molecule has 1 atom stereocenters. The molecule has 0 radical (unpaired) electrons. The third-order valence-corrected chi connectivity index (χ3v) is 7.36. The maximum Gasteiger partial charge on any atom is 0.338 e. The zero-order chi connectivity index (χ0) is 30.0. The van der Waals surface area contributed by atoms with E-state index in [1.165, 1.54) is 30.3 Å². The van der Waals surface area contributed by atoms with Crippen LogP contribution in [0.25, 0.3) is 0 Å². The molecule has 0 N–H and O–H groups in total. The zero-order valence-corrected chi connectivity index (χ0v) is 24.2. The summed E-state index contributed by atoms with van der Waals surface area (Å²) in [6.07, 6.45) is -1.05. The quantitative estimate of drug-likeness (QED) is 0.0849. The number of esters is 1. The number of para-hydroxylation sites is 1. The van der Waals surface area contributed by atoms with Gasteiger partial charge in [0.2, 0.25) is 5.78 Å². The summed E-state index contributed by atoms with van der Waals surface area (Å²) >= 11 is 11.8. The van der Waals surface area contributed by atoms with Crippen LogP contribution in [0.2, 0.25) is 5.02 Å². The van der Waals surface area contributed by atoms with Gasteiger partial charge in [-0.2, -0.15) is 0 Å². The van der Waals surface area contributed by atoms with Crippen molar-refractivity contribution in [2.45, 2.75) is 26.4 Å². The lowest BCUT2D eigenvalue weighted by atomic mass is 10.0. The van der Waals surface area contributed by atoms with Gasteiger partial charge in [-0.3, -0.25) is 14.4 Å². The number of ketones is 1. The zero-order valence-electron chi connectivity index (χ0n) is 22.7. The Kier molecular flexibility index (Phi) is 8.43. The van der Waals surface area contributed by atoms with Crippen molar-refractivity contribution < 1.29 is 28.7 Å². The van der Waals surface area contributed by atoms with Crippen LogP contribution in [0.15, 0.2) is 84.9 Å². The second kappa shape index (κ2) is 12.2. The average Bonchev–Trinajstić information content (AvgIpc) is 3.24. The van der Waals surface area contributed by atoms with Crippen molar-refractivity contribution >= 4 is 52.5 Å². The van der Waals surface area contributed by atoms with Gasteiger partial charge < -0.3 is 9.47 Å². The van der Waals surface area contributed by atoms with Gasteiger partial charge in [-0.1, -0.05) is 29.8 Å². The molecular formula is C33H25Cl2NO6. The van der Waals surface area contributed by atoms with E-state index in [0.717, 1.165) is 21.8 Å². The molecule has 9 heteroatoms. The van der Waals surface area contributed by atoms with Gasteiger partial charge in [-0.05, 0) is 91.7 Å². The average molecular weight is 602 g/mol. The second-order valence-electron chi connectivity index (χ2n) is 9.77. The first-order chi connectivity index (χ1) is 20.2. The molecule has 5 rings (SSSR count). The molecule has 4 aromatic carbocycles. The number of benzene rings is 4. The summed E-state index contributed by atoms with van der Waals surface area (Å²) in [5, 5.41) is 0.463. The summed E-state index contributed by atoms with van der Waals surface area (Å²) in [4.78, 5) is 53.5. The SMILES string of the molecule is Cc1cccc(C)c1Oc1ccc(N2C(=O)c3ccc(C(=O)OC(CCCl)C(=O)c4ccc(Cl)cc4)cc3C2=O)cc1. The lowest BCUT2D eigenvalue weighted by molar-refractivity contribution is 0.0278. The Labute approximate surface area is 252 Å². The van der Waals surface area contributed by atoms with E-state index in [-0.39, 0.29) is 29.0 Å². The fourth-order valence-corrected chi connectivity index (χ4v) is 5.01. The largest absolute Gasteiger partial charge is 0.457 e. The summed E-state index contributed by atoms with van der Waals surface area (Å²) in [6.45, 7) is 3.91. The van der Waals surface area contributed by atoms with Crippen LogP contribution < -0.4 is 9.64 Å². The number of imide groups is 1. The lowest BCUT2D eigenvalue weighted by Crippen LogP contribution is -2.29. The first-order valence-electron chi connectivity index (χ1n) is 13.1. The molecule has 0 saturated heterocycles. The number of alkyl halides is 1. The fourth-order valence-electron chi connectivity index (χ4n) is 4.68. The molecule has 1 aliphatic rings. The van der Waals surface area contributed by atoms with Crippen molar-refractivity contribution in [1.82, 2.24) is 0 Å². The van der Waals surface area contributed by atoms with E-state index in [9.17, 15) is 19.2 Å². The van der Waals surface area contributed by atoms with E-state index >= 15 is 0 Å². The van der Waals surface area contributed by atoms with Crippen LogP contribution in [0.1, 0.15) is 59.0 Å². The molecule has 42 heavy (non-hydrogen) atoms. The molecular weight excluding hydrogens is 577 g/mol. The monoisotopic (exact) mass is 601 g/mol. The van der Waals surface area contributed by atoms with E-state index in [2.05, 4.69) is 0 Å². The van der Waals surface area contributed by atoms with Gasteiger partial charge in [0.15, 0.2) is 6.10 Å². The first kappa shape index (κ1) is 29.0. The summed E-state index contributed by atoms with van der Waals surface area (Å²) in [7, 11) is 0. The van der Waals surface area contributed by atoms with Crippen LogP contribution in [-0.4, -0.2) is 35.6 Å². The van der Waals surface area contributed by atoms with E-state index < -0.39 is 29.7 Å². The molecule has 0 aliphatic carbocycles. The maximum atomic E-state index is 13.3. The van der Waals surface area contributed by atoms with Crippen molar-refractivity contribution in [2.75, 3.05) is 10.8 Å². The maximum absolute atomic E-state index is 13.3. The number of carbonyl (C=O) groups excluding carboxylic acids is 4. The minimum Gasteiger partial charge on any atom is -0.457 e. The highest BCUT2D eigenvalue weighted by molar-refractivity contribution is 6.34. The molecule has 4 aromatic rings. The van der Waals surface area contributed by atoms with E-state index in [1.54, 1.807) is 36.4 Å². The number of aryl methyl sites for hydroxylation is 2. The van der Waals surface area contributed by atoms with E-state index in [0.29, 0.717) is 22.0 Å². The number of halogens is 2. The Hall–Kier alpha value is -4.46. The minimum absolute atomic E-state index is 0.0255. The third-order valence-electron chi connectivity index (χ3n) is 6.89. The molecule has 0 spiro atoms. The summed E-state index contributed by atoms with van der Waals surface area (Å²) in [5.41, 5.74) is 2.88. The van der Waals surface area contributed by atoms with Gasteiger partial charge in [-0.25, -0.2) is 9.69 Å². The first-order valence-corrected chi connectivity index (χ1v) is 14.0. The summed E-state index contributed by atoms with van der Waals surface area (Å²) < 4.78 is 11.5. The van der Waals surface area contributed by atoms with E-state index in [4.69, 9.17) is 32.7 Å². The predicted molar refractivity (Wildman–Crippen MR) is 160 cm³/mol. The van der Waals surface area contributed by atoms with Crippen molar-refractivity contribution in [3.8, 4) is 11.5 Å². The smallest absolute Gasteiger partial charge is 0.338 e. The van der Waals surface area contributed by atoms with Crippen molar-refractivity contribution in [1.29, 1.82) is 0 Å². The Morgan fingerprint density at radius 2 is 1.43 bits per heavy atom. The van der Waals surface area contributed by atoms with Gasteiger partial charge >= 0.3 is 5.97 Å². The number of fused-ring (bicyclic) bond motifs is 1. The van der Waals surface area contributed by atoms with Crippen molar-refractivity contribution in [2.24, 2.45) is 0 Å². The normalized spacial score (nSPS) is 13.1. The van der Waals surface area contributed by atoms with E-state index in [1.807, 2.05) is 32.0 Å². The number of rotatable bonds is 9. The Morgan fingerprint density at radius 3 is 2.07 bits per heavy atom. The molecule has 0 saturated carbocycles. The van der Waals surface area contributed by atoms with Gasteiger partial charge in [0.1, 0.15) is 11.5 Å². The highest BCUT2D eigenvalue weighted by Crippen LogP contribution is 2.33. The predicted octanol–water partition coefficient (Wildman–Crippen LogP) is 7.59. The molecule has 1 heterocycles. The molecule has 1 unspecified atom stereocenters. The number of Topliss-reactive ketones (excluding diaryl/α,β-unsaturated/α-hetero) is 1. The highest BCUT2D eigenvalue weighted by Gasteiger charge is 2.37. The highest BCUT2D eigenvalue weighted by atomic mass is 35.5. The number of hydrogen-bond donors (Lipinski definition) is 0. The van der Waals surface area contributed by atoms with Crippen molar-refractivity contribution in [3.63, 3.8) is 0 Å². The molecule has 7 nitrogen and oxygen atoms in total. The number of anilines is 1. The van der Waals surface area contributed by atoms with Crippen LogP contribution in [0.3, 0.4) is 0 Å². The third kappa shape index (κ3) is 5.79. The van der Waals surface area contributed by atoms with Crippen molar-refractivity contribution in [3.05, 3.63) is 123 Å². The molecule has 1 aliphatic heterocycles. The summed E-state index contributed by atoms with van der Waals surface area (Å²) in [5.74, 6) is -0.964. The molecule has 2 amide bonds. The van der Waals surface area contributed by atoms with Gasteiger partial charge in [0.25, 0.3) is 11.8 Å². The lowest BCUT2D eigenvalue weighted by Gasteiger charge is -2.16. The topological polar surface area (TPSA) is 90.0 Å². The van der Waals surface area contributed by atoms with Gasteiger partial charge in [-0.15, -0.1) is 11.6 Å². The second-order valence-corrected chi connectivity index (χ2v) is 10.6. The van der Waals surface area contributed by atoms with Crippen LogP contribution >= 0.6 is 23.2 Å². The fraction of sp³-hybridized carbons (Fsp3) is 0.152. The van der Waals surface area contributed by atoms with Crippen LogP contribution in [0.4, 0.5) is 5.69 Å². The Balaban J connectivity index is 1.33. The van der Waals surface area contributed by atoms with Gasteiger partial charge in [0.05, 0.1) is 22.4 Å². The van der Waals surface area contributed by atoms with Crippen LogP contribution in [-0.2, 0) is 4.74 Å². The number of carbonyl (C=O) groups is 4. The number of ether oxygens (including phenoxy) is 2. The molecule has 0 aromatic heterocycles. The molecule has 212 valence electrons. The molecule has 0 fully saturated rings. The molecule has 0 bridgehead atoms. The Morgan fingerprint density at radius 1 is 0.810 bits per heavy atom. The Bertz CT molecular complexity index is 1680. The minimum atomic E-state index is -1.14. The standard InChI is InChI=1S/C33H25Cl2NO6/c1-19-4-3-5-20(2)30(19)41-25-13-11-24(12-14-25)36-31(38)26-15-8-22(18-27(26)32(36)39)33(40)42-28(16-17-34)29(37)21-6-9-23(35)10-7-21/h3-15,18,28H,16-17H2,1-2H3. The number of amides is 2. The number of hydrogen-bond acceptors (Lipinski definition) is 6. The van der Waals surface area contributed by atoms with Crippen LogP contribution in [0, 0.1) is 13.8 Å². The summed E-state index contributed by atoms with van der Waals surface area (Å²) in [6, 6.07) is 22.8. The number of nitrogens with zero attached hydrogens (tertiary/aromatic N) is 1. The van der Waals surface area contributed by atoms with Gasteiger partial charge in [0, 0.05) is 22.9 Å².